The van der Waals surface area contributed by atoms with Crippen LogP contribution in [0.5, 0.6) is 0 Å². The molecule has 0 aromatic heterocycles. The normalized spacial score (nSPS) is 13.0. The van der Waals surface area contributed by atoms with Crippen molar-refractivity contribution in [1.82, 2.24) is 10.6 Å². The Balaban J connectivity index is 1.49. The summed E-state index contributed by atoms with van der Waals surface area (Å²) in [5.74, 6) is 2.78. The monoisotopic (exact) mass is 464 g/mol. The van der Waals surface area contributed by atoms with E-state index in [1.165, 1.54) is 7.11 Å². The number of carboxylic acid groups (broad SMARTS) is 1. The van der Waals surface area contributed by atoms with Crippen molar-refractivity contribution in [1.29, 1.82) is 0 Å². The molecule has 2 aromatic carbocycles. The summed E-state index contributed by atoms with van der Waals surface area (Å²) in [5.41, 5.74) is 3.76. The van der Waals surface area contributed by atoms with Crippen molar-refractivity contribution in [3.63, 3.8) is 0 Å². The number of carboxylic acids is 1. The largest absolute Gasteiger partial charge is 0.480 e. The molecule has 2 aromatic rings. The third kappa shape index (κ3) is 6.15. The summed E-state index contributed by atoms with van der Waals surface area (Å²) in [6, 6.07) is 14.9. The fourth-order valence-corrected chi connectivity index (χ4v) is 3.86. The van der Waals surface area contributed by atoms with Crippen LogP contribution in [0.2, 0.25) is 0 Å². The maximum atomic E-state index is 12.1. The van der Waals surface area contributed by atoms with Crippen LogP contribution in [0.4, 0.5) is 4.79 Å². The highest BCUT2D eigenvalue weighted by Gasteiger charge is 2.29. The zero-order valence-corrected chi connectivity index (χ0v) is 19.4. The molecule has 1 atom stereocenters. The van der Waals surface area contributed by atoms with Gasteiger partial charge in [-0.3, -0.25) is 4.79 Å². The number of nitrogens with one attached hydrogen (secondary N) is 2. The van der Waals surface area contributed by atoms with E-state index in [1.807, 2.05) is 36.4 Å². The minimum absolute atomic E-state index is 0.0562. The number of aliphatic carboxylic acids is 1. The van der Waals surface area contributed by atoms with Gasteiger partial charge >= 0.3 is 12.1 Å². The summed E-state index contributed by atoms with van der Waals surface area (Å²) in [7, 11) is 1.47. The van der Waals surface area contributed by atoms with Crippen LogP contribution in [0, 0.1) is 11.8 Å². The van der Waals surface area contributed by atoms with Crippen molar-refractivity contribution in [3.8, 4) is 23.0 Å². The third-order valence-electron chi connectivity index (χ3n) is 5.72. The standard InChI is InChI=1S/C26H28N2O6/c1-26(2,33-3)15-22(24(30)31)28-23(29)13-8-14-27-25(32)34-16-21-19-11-6-4-9-17(19)18-10-5-7-12-20(18)21/h4-7,9-12,21-22H,14-16H2,1-3H3,(H,27,32)(H,28,29)(H,30,31). The van der Waals surface area contributed by atoms with Crippen LogP contribution in [-0.4, -0.2) is 55.0 Å². The van der Waals surface area contributed by atoms with Crippen LogP contribution in [0.15, 0.2) is 48.5 Å². The lowest BCUT2D eigenvalue weighted by Gasteiger charge is -2.26. The van der Waals surface area contributed by atoms with Gasteiger partial charge in [0.2, 0.25) is 0 Å². The number of carbonyl (C=O) groups is 3. The second-order valence-electron chi connectivity index (χ2n) is 8.51. The van der Waals surface area contributed by atoms with Crippen LogP contribution < -0.4 is 10.6 Å². The number of rotatable bonds is 8. The van der Waals surface area contributed by atoms with Gasteiger partial charge < -0.3 is 25.2 Å². The summed E-state index contributed by atoms with van der Waals surface area (Å²) >= 11 is 0. The molecule has 0 spiro atoms. The molecule has 0 saturated heterocycles. The first-order chi connectivity index (χ1) is 16.2. The van der Waals surface area contributed by atoms with Crippen LogP contribution in [-0.2, 0) is 19.1 Å². The van der Waals surface area contributed by atoms with Gasteiger partial charge in [-0.2, -0.15) is 0 Å². The lowest BCUT2D eigenvalue weighted by Crippen LogP contribution is -2.45. The van der Waals surface area contributed by atoms with Gasteiger partial charge in [0.05, 0.1) is 12.1 Å². The van der Waals surface area contributed by atoms with Gasteiger partial charge in [-0.1, -0.05) is 54.5 Å². The fraction of sp³-hybridized carbons (Fsp3) is 0.346. The predicted octanol–water partition coefficient (Wildman–Crippen LogP) is 2.91. The molecule has 0 fully saturated rings. The van der Waals surface area contributed by atoms with Crippen molar-refractivity contribution in [3.05, 3.63) is 59.7 Å². The minimum atomic E-state index is -1.18. The number of hydrogen-bond acceptors (Lipinski definition) is 5. The molecule has 8 nitrogen and oxygen atoms in total. The van der Waals surface area contributed by atoms with E-state index >= 15 is 0 Å². The molecule has 2 amide bonds. The number of amides is 2. The molecule has 34 heavy (non-hydrogen) atoms. The Bertz CT molecular complexity index is 1090. The van der Waals surface area contributed by atoms with Crippen LogP contribution in [0.1, 0.15) is 37.3 Å². The highest BCUT2D eigenvalue weighted by atomic mass is 16.5. The van der Waals surface area contributed by atoms with Crippen molar-refractivity contribution in [2.24, 2.45) is 0 Å². The van der Waals surface area contributed by atoms with Gasteiger partial charge in [0, 0.05) is 19.4 Å². The Morgan fingerprint density at radius 1 is 1.06 bits per heavy atom. The Labute approximate surface area is 198 Å². The van der Waals surface area contributed by atoms with Gasteiger partial charge in [0.25, 0.3) is 5.91 Å². The average molecular weight is 465 g/mol. The molecule has 0 saturated carbocycles. The average Bonchev–Trinajstić information content (AvgIpc) is 3.13. The van der Waals surface area contributed by atoms with E-state index in [4.69, 9.17) is 9.47 Å². The molecule has 1 unspecified atom stereocenters. The van der Waals surface area contributed by atoms with Crippen molar-refractivity contribution in [2.75, 3.05) is 20.3 Å². The summed E-state index contributed by atoms with van der Waals surface area (Å²) in [5, 5.41) is 14.1. The van der Waals surface area contributed by atoms with Crippen LogP contribution >= 0.6 is 0 Å². The minimum Gasteiger partial charge on any atom is -0.480 e. The zero-order chi connectivity index (χ0) is 24.7. The Morgan fingerprint density at radius 2 is 1.65 bits per heavy atom. The Morgan fingerprint density at radius 3 is 2.21 bits per heavy atom. The van der Waals surface area contributed by atoms with E-state index in [9.17, 15) is 19.5 Å². The maximum Gasteiger partial charge on any atom is 0.407 e. The molecule has 0 aliphatic heterocycles. The number of alkyl carbamates (subject to hydrolysis) is 1. The van der Waals surface area contributed by atoms with Gasteiger partial charge in [0.1, 0.15) is 12.6 Å². The second-order valence-corrected chi connectivity index (χ2v) is 8.51. The summed E-state index contributed by atoms with van der Waals surface area (Å²) in [6.07, 6.45) is -0.577. The smallest absolute Gasteiger partial charge is 0.407 e. The molecular weight excluding hydrogens is 436 g/mol. The highest BCUT2D eigenvalue weighted by molar-refractivity contribution is 5.96. The first-order valence-corrected chi connectivity index (χ1v) is 10.9. The third-order valence-corrected chi connectivity index (χ3v) is 5.72. The van der Waals surface area contributed by atoms with Gasteiger partial charge in [0.15, 0.2) is 0 Å². The number of fused-ring (bicyclic) bond motifs is 3. The highest BCUT2D eigenvalue weighted by Crippen LogP contribution is 2.44. The molecule has 8 heteroatoms. The van der Waals surface area contributed by atoms with E-state index in [-0.39, 0.29) is 25.5 Å². The zero-order valence-electron chi connectivity index (χ0n) is 19.4. The van der Waals surface area contributed by atoms with Crippen molar-refractivity contribution >= 4 is 18.0 Å². The molecule has 1 aliphatic rings. The van der Waals surface area contributed by atoms with Crippen molar-refractivity contribution in [2.45, 2.75) is 37.8 Å². The van der Waals surface area contributed by atoms with Gasteiger partial charge in [-0.15, -0.1) is 0 Å². The number of hydrogen-bond donors (Lipinski definition) is 3. The SMILES string of the molecule is COC(C)(C)CC(NC(=O)C#CCNC(=O)OCC1c2ccccc2-c2ccccc21)C(=O)O. The Kier molecular flexibility index (Phi) is 7.92. The molecule has 0 heterocycles. The Hall–Kier alpha value is -3.83. The van der Waals surface area contributed by atoms with Crippen molar-refractivity contribution < 1.29 is 29.0 Å². The number of benzene rings is 2. The van der Waals surface area contributed by atoms with E-state index in [1.54, 1.807) is 13.8 Å². The summed E-state index contributed by atoms with van der Waals surface area (Å²) < 4.78 is 10.6. The first-order valence-electron chi connectivity index (χ1n) is 10.9. The number of ether oxygens (including phenoxy) is 2. The van der Waals surface area contributed by atoms with Crippen LogP contribution in [0.25, 0.3) is 11.1 Å². The topological polar surface area (TPSA) is 114 Å². The van der Waals surface area contributed by atoms with E-state index in [2.05, 4.69) is 34.6 Å². The quantitative estimate of drug-likeness (QED) is 0.518. The lowest BCUT2D eigenvalue weighted by atomic mass is 9.98. The second kappa shape index (κ2) is 10.9. The van der Waals surface area contributed by atoms with E-state index < -0.39 is 29.6 Å². The molecular formula is C26H28N2O6. The molecule has 0 bridgehead atoms. The van der Waals surface area contributed by atoms with Gasteiger partial charge in [-0.25, -0.2) is 9.59 Å². The lowest BCUT2D eigenvalue weighted by molar-refractivity contribution is -0.143. The van der Waals surface area contributed by atoms with Gasteiger partial charge in [-0.05, 0) is 42.0 Å². The number of carbonyl (C=O) groups excluding carboxylic acids is 2. The van der Waals surface area contributed by atoms with E-state index in [0.29, 0.717) is 0 Å². The van der Waals surface area contributed by atoms with Crippen LogP contribution in [0.3, 0.4) is 0 Å². The summed E-state index contributed by atoms with van der Waals surface area (Å²) in [6.45, 7) is 3.49. The first kappa shape index (κ1) is 24.8. The molecule has 3 N–H and O–H groups in total. The maximum absolute atomic E-state index is 12.1. The number of methoxy groups -OCH3 is 1. The van der Waals surface area contributed by atoms with E-state index in [0.717, 1.165) is 22.3 Å². The molecule has 3 rings (SSSR count). The molecule has 0 radical (unpaired) electrons. The molecule has 1 aliphatic carbocycles. The summed E-state index contributed by atoms with van der Waals surface area (Å²) in [4.78, 5) is 35.5. The fourth-order valence-electron chi connectivity index (χ4n) is 3.86. The molecule has 178 valence electrons. The predicted molar refractivity (Wildman–Crippen MR) is 126 cm³/mol.